The highest BCUT2D eigenvalue weighted by Crippen LogP contribution is 2.21. The van der Waals surface area contributed by atoms with E-state index in [1.165, 1.54) is 12.1 Å². The second-order valence-corrected chi connectivity index (χ2v) is 4.59. The predicted molar refractivity (Wildman–Crippen MR) is 66.7 cm³/mol. The highest BCUT2D eigenvalue weighted by molar-refractivity contribution is 5.94. The third kappa shape index (κ3) is 2.31. The van der Waals surface area contributed by atoms with Crippen molar-refractivity contribution in [3.05, 3.63) is 29.6 Å². The van der Waals surface area contributed by atoms with Crippen LogP contribution in [0.3, 0.4) is 0 Å². The van der Waals surface area contributed by atoms with Crippen LogP contribution in [-0.2, 0) is 4.74 Å². The van der Waals surface area contributed by atoms with Crippen molar-refractivity contribution in [2.75, 3.05) is 19.4 Å². The van der Waals surface area contributed by atoms with E-state index in [0.29, 0.717) is 12.3 Å². The van der Waals surface area contributed by atoms with Gasteiger partial charge in [-0.2, -0.15) is 0 Å². The molecule has 1 fully saturated rings. The molecular weight excluding hydrogens is 235 g/mol. The molecule has 18 heavy (non-hydrogen) atoms. The minimum absolute atomic E-state index is 0.00514. The van der Waals surface area contributed by atoms with E-state index in [1.54, 1.807) is 11.9 Å². The van der Waals surface area contributed by atoms with E-state index < -0.39 is 5.82 Å². The van der Waals surface area contributed by atoms with Crippen LogP contribution in [0.1, 0.15) is 23.7 Å². The van der Waals surface area contributed by atoms with Crippen molar-refractivity contribution in [3.63, 3.8) is 0 Å². The summed E-state index contributed by atoms with van der Waals surface area (Å²) in [5.74, 6) is -0.923. The van der Waals surface area contributed by atoms with Gasteiger partial charge in [-0.05, 0) is 31.5 Å². The summed E-state index contributed by atoms with van der Waals surface area (Å²) in [4.78, 5) is 13.7. The van der Waals surface area contributed by atoms with Gasteiger partial charge in [-0.1, -0.05) is 0 Å². The van der Waals surface area contributed by atoms with Crippen LogP contribution >= 0.6 is 0 Å². The lowest BCUT2D eigenvalue weighted by atomic mass is 10.1. The maximum absolute atomic E-state index is 13.7. The molecule has 0 radical (unpaired) electrons. The molecule has 1 aromatic carbocycles. The molecule has 0 bridgehead atoms. The average molecular weight is 252 g/mol. The van der Waals surface area contributed by atoms with Gasteiger partial charge in [0.1, 0.15) is 5.82 Å². The zero-order valence-electron chi connectivity index (χ0n) is 10.5. The lowest BCUT2D eigenvalue weighted by Gasteiger charge is -2.27. The highest BCUT2D eigenvalue weighted by Gasteiger charge is 2.31. The van der Waals surface area contributed by atoms with Gasteiger partial charge >= 0.3 is 0 Å². The summed E-state index contributed by atoms with van der Waals surface area (Å²) < 4.78 is 19.1. The Morgan fingerprint density at radius 2 is 2.28 bits per heavy atom. The number of hydrogen-bond donors (Lipinski definition) is 1. The second kappa shape index (κ2) is 4.94. The van der Waals surface area contributed by atoms with Crippen LogP contribution < -0.4 is 5.73 Å². The Morgan fingerprint density at radius 3 is 2.83 bits per heavy atom. The van der Waals surface area contributed by atoms with E-state index >= 15 is 0 Å². The molecule has 2 N–H and O–H groups in total. The molecule has 4 nitrogen and oxygen atoms in total. The smallest absolute Gasteiger partial charge is 0.256 e. The van der Waals surface area contributed by atoms with Crippen LogP contribution in [0.2, 0.25) is 0 Å². The summed E-state index contributed by atoms with van der Waals surface area (Å²) in [6.45, 7) is 2.55. The largest absolute Gasteiger partial charge is 0.399 e. The Labute approximate surface area is 106 Å². The number of rotatable bonds is 2. The Hall–Kier alpha value is -1.62. The summed E-state index contributed by atoms with van der Waals surface area (Å²) in [5, 5.41) is 0. The maximum Gasteiger partial charge on any atom is 0.256 e. The summed E-state index contributed by atoms with van der Waals surface area (Å²) >= 11 is 0. The van der Waals surface area contributed by atoms with Crippen LogP contribution in [-0.4, -0.2) is 36.6 Å². The number of nitrogens with zero attached hydrogens (tertiary/aromatic N) is 1. The summed E-state index contributed by atoms with van der Waals surface area (Å²) in [5.41, 5.74) is 5.82. The first kappa shape index (κ1) is 12.8. The first-order valence-electron chi connectivity index (χ1n) is 5.94. The summed E-state index contributed by atoms with van der Waals surface area (Å²) in [6.07, 6.45) is 0.760. The molecule has 0 spiro atoms. The first-order chi connectivity index (χ1) is 8.50. The standard InChI is InChI=1S/C13H17FN2O2/c1-8-12(5-6-18-8)16(2)13(17)10-4-3-9(15)7-11(10)14/h3-4,7-8,12H,5-6,15H2,1-2H3. The fourth-order valence-electron chi connectivity index (χ4n) is 2.27. The Balaban J connectivity index is 2.20. The Bertz CT molecular complexity index is 464. The van der Waals surface area contributed by atoms with Crippen LogP contribution in [0.5, 0.6) is 0 Å². The average Bonchev–Trinajstić information content (AvgIpc) is 2.74. The minimum Gasteiger partial charge on any atom is -0.399 e. The van der Waals surface area contributed by atoms with Gasteiger partial charge < -0.3 is 15.4 Å². The van der Waals surface area contributed by atoms with E-state index in [0.717, 1.165) is 12.5 Å². The van der Waals surface area contributed by atoms with Crippen molar-refractivity contribution in [2.24, 2.45) is 0 Å². The number of amides is 1. The van der Waals surface area contributed by atoms with Gasteiger partial charge in [-0.25, -0.2) is 4.39 Å². The molecular formula is C13H17FN2O2. The number of ether oxygens (including phenoxy) is 1. The van der Waals surface area contributed by atoms with E-state index in [4.69, 9.17) is 10.5 Å². The molecule has 1 aliphatic rings. The first-order valence-corrected chi connectivity index (χ1v) is 5.94. The number of nitrogen functional groups attached to an aromatic ring is 1. The van der Waals surface area contributed by atoms with Gasteiger partial charge in [0, 0.05) is 19.3 Å². The molecule has 0 aromatic heterocycles. The lowest BCUT2D eigenvalue weighted by Crippen LogP contribution is -2.41. The normalized spacial score (nSPS) is 23.1. The molecule has 0 saturated carbocycles. The number of carbonyl (C=O) groups excluding carboxylic acids is 1. The van der Waals surface area contributed by atoms with Gasteiger partial charge in [0.15, 0.2) is 0 Å². The number of halogens is 1. The van der Waals surface area contributed by atoms with Crippen molar-refractivity contribution >= 4 is 11.6 Å². The van der Waals surface area contributed by atoms with Crippen molar-refractivity contribution < 1.29 is 13.9 Å². The molecule has 1 saturated heterocycles. The molecule has 2 rings (SSSR count). The number of nitrogens with two attached hydrogens (primary N) is 1. The number of anilines is 1. The number of likely N-dealkylation sites (N-methyl/N-ethyl adjacent to an activating group) is 1. The van der Waals surface area contributed by atoms with Crippen LogP contribution in [0.15, 0.2) is 18.2 Å². The fourth-order valence-corrected chi connectivity index (χ4v) is 2.27. The van der Waals surface area contributed by atoms with Gasteiger partial charge in [0.05, 0.1) is 17.7 Å². The second-order valence-electron chi connectivity index (χ2n) is 4.59. The number of hydrogen-bond acceptors (Lipinski definition) is 3. The van der Waals surface area contributed by atoms with Crippen molar-refractivity contribution in [3.8, 4) is 0 Å². The molecule has 1 amide bonds. The lowest BCUT2D eigenvalue weighted by molar-refractivity contribution is 0.0571. The molecule has 0 aliphatic carbocycles. The molecule has 2 atom stereocenters. The van der Waals surface area contributed by atoms with Crippen LogP contribution in [0, 0.1) is 5.82 Å². The van der Waals surface area contributed by atoms with Crippen molar-refractivity contribution in [2.45, 2.75) is 25.5 Å². The molecule has 1 aromatic rings. The van der Waals surface area contributed by atoms with E-state index in [-0.39, 0.29) is 23.6 Å². The van der Waals surface area contributed by atoms with Crippen molar-refractivity contribution in [1.82, 2.24) is 4.90 Å². The third-order valence-corrected chi connectivity index (χ3v) is 3.38. The minimum atomic E-state index is -0.585. The Kier molecular flexibility index (Phi) is 3.52. The van der Waals surface area contributed by atoms with Gasteiger partial charge in [0.2, 0.25) is 0 Å². The highest BCUT2D eigenvalue weighted by atomic mass is 19.1. The van der Waals surface area contributed by atoms with Crippen LogP contribution in [0.25, 0.3) is 0 Å². The zero-order chi connectivity index (χ0) is 13.3. The Morgan fingerprint density at radius 1 is 1.56 bits per heavy atom. The predicted octanol–water partition coefficient (Wildman–Crippen LogP) is 1.66. The molecule has 98 valence electrons. The molecule has 1 heterocycles. The third-order valence-electron chi connectivity index (χ3n) is 3.38. The van der Waals surface area contributed by atoms with Gasteiger partial charge in [-0.15, -0.1) is 0 Å². The monoisotopic (exact) mass is 252 g/mol. The van der Waals surface area contributed by atoms with E-state index in [1.807, 2.05) is 6.92 Å². The van der Waals surface area contributed by atoms with Gasteiger partial charge in [-0.3, -0.25) is 4.79 Å². The maximum atomic E-state index is 13.7. The number of benzene rings is 1. The topological polar surface area (TPSA) is 55.6 Å². The van der Waals surface area contributed by atoms with Crippen molar-refractivity contribution in [1.29, 1.82) is 0 Å². The van der Waals surface area contributed by atoms with Crippen LogP contribution in [0.4, 0.5) is 10.1 Å². The fraction of sp³-hybridized carbons (Fsp3) is 0.462. The van der Waals surface area contributed by atoms with Gasteiger partial charge in [0.25, 0.3) is 5.91 Å². The quantitative estimate of drug-likeness (QED) is 0.814. The van der Waals surface area contributed by atoms with E-state index in [9.17, 15) is 9.18 Å². The van der Waals surface area contributed by atoms with E-state index in [2.05, 4.69) is 0 Å². The summed E-state index contributed by atoms with van der Waals surface area (Å²) in [6, 6.07) is 4.10. The molecule has 1 aliphatic heterocycles. The zero-order valence-corrected chi connectivity index (χ0v) is 10.5. The molecule has 5 heteroatoms. The number of carbonyl (C=O) groups is 1. The molecule has 2 unspecified atom stereocenters. The SMILES string of the molecule is CC1OCCC1N(C)C(=O)c1ccc(N)cc1F. The summed E-state index contributed by atoms with van der Waals surface area (Å²) in [7, 11) is 1.67.